The fourth-order valence-electron chi connectivity index (χ4n) is 2.73. The number of hydrogen-bond donors (Lipinski definition) is 0. The lowest BCUT2D eigenvalue weighted by molar-refractivity contribution is -0.133. The Balaban J connectivity index is 1.90. The third-order valence-electron chi connectivity index (χ3n) is 4.56. The number of ether oxygens (including phenoxy) is 1. The van der Waals surface area contributed by atoms with Gasteiger partial charge in [0.2, 0.25) is 5.91 Å². The van der Waals surface area contributed by atoms with Crippen LogP contribution >= 0.6 is 0 Å². The molecule has 25 heavy (non-hydrogen) atoms. The van der Waals surface area contributed by atoms with Crippen molar-refractivity contribution in [3.8, 4) is 0 Å². The van der Waals surface area contributed by atoms with Gasteiger partial charge >= 0.3 is 6.09 Å². The van der Waals surface area contributed by atoms with Crippen LogP contribution in [-0.4, -0.2) is 73.6 Å². The summed E-state index contributed by atoms with van der Waals surface area (Å²) in [6.07, 6.45) is -0.366. The zero-order valence-electron chi connectivity index (χ0n) is 14.7. The van der Waals surface area contributed by atoms with Crippen LogP contribution in [0.5, 0.6) is 0 Å². The fourth-order valence-corrected chi connectivity index (χ4v) is 2.73. The molecule has 0 saturated carbocycles. The van der Waals surface area contributed by atoms with Crippen LogP contribution in [0.25, 0.3) is 0 Å². The molecule has 1 aliphatic rings. The number of piperazine rings is 1. The average Bonchev–Trinajstić information content (AvgIpc) is 2.62. The van der Waals surface area contributed by atoms with Crippen molar-refractivity contribution in [2.45, 2.75) is 13.0 Å². The Kier molecular flexibility index (Phi) is 6.30. The van der Waals surface area contributed by atoms with Crippen LogP contribution in [0.15, 0.2) is 18.2 Å². The summed E-state index contributed by atoms with van der Waals surface area (Å²) in [7, 11) is 2.98. The van der Waals surface area contributed by atoms with Gasteiger partial charge in [0.1, 0.15) is 0 Å². The Morgan fingerprint density at radius 3 is 2.40 bits per heavy atom. The van der Waals surface area contributed by atoms with E-state index in [1.165, 1.54) is 18.1 Å². The highest BCUT2D eigenvalue weighted by atomic mass is 19.2. The lowest BCUT2D eigenvalue weighted by Crippen LogP contribution is -2.51. The van der Waals surface area contributed by atoms with Crippen LogP contribution in [-0.2, 0) is 9.53 Å². The van der Waals surface area contributed by atoms with Crippen molar-refractivity contribution in [2.75, 3.05) is 46.9 Å². The maximum atomic E-state index is 13.4. The highest BCUT2D eigenvalue weighted by molar-refractivity contribution is 5.78. The van der Waals surface area contributed by atoms with E-state index in [-0.39, 0.29) is 24.6 Å². The number of likely N-dealkylation sites (N-methyl/N-ethyl adjacent to an activating group) is 1. The number of methoxy groups -OCH3 is 1. The maximum Gasteiger partial charge on any atom is 0.409 e. The Labute approximate surface area is 145 Å². The minimum absolute atomic E-state index is 0.122. The van der Waals surface area contributed by atoms with Gasteiger partial charge in [-0.25, -0.2) is 13.6 Å². The van der Waals surface area contributed by atoms with Crippen molar-refractivity contribution < 1.29 is 23.1 Å². The van der Waals surface area contributed by atoms with Gasteiger partial charge in [0.15, 0.2) is 11.6 Å². The molecule has 138 valence electrons. The van der Waals surface area contributed by atoms with E-state index in [2.05, 4.69) is 4.74 Å². The molecule has 1 aliphatic heterocycles. The Morgan fingerprint density at radius 2 is 1.84 bits per heavy atom. The second kappa shape index (κ2) is 8.24. The van der Waals surface area contributed by atoms with Crippen molar-refractivity contribution >= 4 is 12.0 Å². The molecule has 1 fully saturated rings. The van der Waals surface area contributed by atoms with Gasteiger partial charge < -0.3 is 14.5 Å². The largest absolute Gasteiger partial charge is 0.453 e. The summed E-state index contributed by atoms with van der Waals surface area (Å²) >= 11 is 0. The molecule has 1 aromatic rings. The minimum Gasteiger partial charge on any atom is -0.453 e. The molecule has 8 heteroatoms. The van der Waals surface area contributed by atoms with Gasteiger partial charge in [-0.15, -0.1) is 0 Å². The lowest BCUT2D eigenvalue weighted by Gasteiger charge is -2.35. The van der Waals surface area contributed by atoms with Crippen LogP contribution in [0, 0.1) is 11.6 Å². The zero-order chi connectivity index (χ0) is 18.6. The number of nitrogens with zero attached hydrogens (tertiary/aromatic N) is 3. The highest BCUT2D eigenvalue weighted by Crippen LogP contribution is 2.21. The van der Waals surface area contributed by atoms with Gasteiger partial charge in [0, 0.05) is 33.2 Å². The van der Waals surface area contributed by atoms with Crippen LogP contribution in [0.4, 0.5) is 13.6 Å². The van der Waals surface area contributed by atoms with Gasteiger partial charge in [-0.2, -0.15) is 0 Å². The number of rotatable bonds is 4. The average molecular weight is 355 g/mol. The molecular formula is C17H23F2N3O3. The van der Waals surface area contributed by atoms with E-state index in [9.17, 15) is 18.4 Å². The van der Waals surface area contributed by atoms with E-state index in [1.54, 1.807) is 18.9 Å². The number of amides is 2. The topological polar surface area (TPSA) is 53.1 Å². The molecule has 1 saturated heterocycles. The summed E-state index contributed by atoms with van der Waals surface area (Å²) in [5, 5.41) is 0. The standard InChI is InChI=1S/C17H23F2N3O3/c1-12(13-4-5-14(18)15(19)10-13)20(2)16(23)11-21-6-8-22(9-7-21)17(24)25-3/h4-5,10,12H,6-9,11H2,1-3H3/t12-/m1/s1. The maximum absolute atomic E-state index is 13.4. The fraction of sp³-hybridized carbons (Fsp3) is 0.529. The molecule has 0 N–H and O–H groups in total. The summed E-state index contributed by atoms with van der Waals surface area (Å²) in [4.78, 5) is 29.0. The molecule has 0 spiro atoms. The predicted molar refractivity (Wildman–Crippen MR) is 88.0 cm³/mol. The number of benzene rings is 1. The van der Waals surface area contributed by atoms with E-state index in [4.69, 9.17) is 0 Å². The quantitative estimate of drug-likeness (QED) is 0.827. The summed E-state index contributed by atoms with van der Waals surface area (Å²) in [6.45, 7) is 4.13. The monoisotopic (exact) mass is 355 g/mol. The smallest absolute Gasteiger partial charge is 0.409 e. The Morgan fingerprint density at radius 1 is 1.20 bits per heavy atom. The zero-order valence-corrected chi connectivity index (χ0v) is 14.7. The molecule has 0 bridgehead atoms. The summed E-state index contributed by atoms with van der Waals surface area (Å²) in [6, 6.07) is 3.27. The molecule has 2 rings (SSSR count). The molecule has 1 heterocycles. The highest BCUT2D eigenvalue weighted by Gasteiger charge is 2.25. The van der Waals surface area contributed by atoms with Crippen molar-refractivity contribution in [2.24, 2.45) is 0 Å². The van der Waals surface area contributed by atoms with Gasteiger partial charge in [0.05, 0.1) is 19.7 Å². The van der Waals surface area contributed by atoms with Crippen molar-refractivity contribution in [3.63, 3.8) is 0 Å². The molecule has 0 radical (unpaired) electrons. The normalized spacial score (nSPS) is 16.4. The first kappa shape index (κ1) is 19.1. The number of halogens is 2. The third kappa shape index (κ3) is 4.66. The molecule has 1 atom stereocenters. The Bertz CT molecular complexity index is 634. The second-order valence-electron chi connectivity index (χ2n) is 6.09. The van der Waals surface area contributed by atoms with Gasteiger partial charge in [-0.05, 0) is 24.6 Å². The SMILES string of the molecule is COC(=O)N1CCN(CC(=O)N(C)[C@H](C)c2ccc(F)c(F)c2)CC1. The van der Waals surface area contributed by atoms with Crippen LogP contribution < -0.4 is 0 Å². The molecule has 1 aromatic carbocycles. The summed E-state index contributed by atoms with van der Waals surface area (Å²) in [5.74, 6) is -1.96. The van der Waals surface area contributed by atoms with Crippen LogP contribution in [0.1, 0.15) is 18.5 Å². The lowest BCUT2D eigenvalue weighted by atomic mass is 10.1. The number of hydrogen-bond acceptors (Lipinski definition) is 4. The molecular weight excluding hydrogens is 332 g/mol. The predicted octanol–water partition coefficient (Wildman–Crippen LogP) is 1.87. The van der Waals surface area contributed by atoms with E-state index in [1.807, 2.05) is 4.90 Å². The van der Waals surface area contributed by atoms with Gasteiger partial charge in [-0.1, -0.05) is 6.07 Å². The first-order chi connectivity index (χ1) is 11.8. The van der Waals surface area contributed by atoms with E-state index in [0.29, 0.717) is 31.7 Å². The molecule has 0 unspecified atom stereocenters. The summed E-state index contributed by atoms with van der Waals surface area (Å²) in [5.41, 5.74) is 0.533. The van der Waals surface area contributed by atoms with Crippen molar-refractivity contribution in [1.82, 2.24) is 14.7 Å². The minimum atomic E-state index is -0.927. The first-order valence-corrected chi connectivity index (χ1v) is 8.09. The van der Waals surface area contributed by atoms with E-state index in [0.717, 1.165) is 12.1 Å². The van der Waals surface area contributed by atoms with Crippen molar-refractivity contribution in [1.29, 1.82) is 0 Å². The molecule has 6 nitrogen and oxygen atoms in total. The molecule has 2 amide bonds. The van der Waals surface area contributed by atoms with Crippen molar-refractivity contribution in [3.05, 3.63) is 35.4 Å². The second-order valence-corrected chi connectivity index (χ2v) is 6.09. The van der Waals surface area contributed by atoms with Crippen LogP contribution in [0.2, 0.25) is 0 Å². The van der Waals surface area contributed by atoms with E-state index < -0.39 is 11.6 Å². The molecule has 0 aliphatic carbocycles. The first-order valence-electron chi connectivity index (χ1n) is 8.09. The number of carbonyl (C=O) groups is 2. The number of carbonyl (C=O) groups excluding carboxylic acids is 2. The third-order valence-corrected chi connectivity index (χ3v) is 4.56. The molecule has 0 aromatic heterocycles. The van der Waals surface area contributed by atoms with Crippen LogP contribution in [0.3, 0.4) is 0 Å². The summed E-state index contributed by atoms with van der Waals surface area (Å²) < 4.78 is 31.1. The van der Waals surface area contributed by atoms with E-state index >= 15 is 0 Å². The van der Waals surface area contributed by atoms with Gasteiger partial charge in [0.25, 0.3) is 0 Å². The van der Waals surface area contributed by atoms with Gasteiger partial charge in [-0.3, -0.25) is 9.69 Å². The Hall–Kier alpha value is -2.22.